The first-order valence-electron chi connectivity index (χ1n) is 10.7. The van der Waals surface area contributed by atoms with Gasteiger partial charge in [-0.3, -0.25) is 4.79 Å². The second kappa shape index (κ2) is 7.34. The largest absolute Gasteiger partial charge is 0.349 e. The zero-order valence-corrected chi connectivity index (χ0v) is 16.5. The van der Waals surface area contributed by atoms with Crippen molar-refractivity contribution in [2.75, 3.05) is 13.1 Å². The number of amides is 1. The van der Waals surface area contributed by atoms with Gasteiger partial charge in [0.2, 0.25) is 5.91 Å². The highest BCUT2D eigenvalue weighted by molar-refractivity contribution is 5.73. The Labute approximate surface area is 160 Å². The number of nitrogens with one attached hydrogen (secondary N) is 1. The Morgan fingerprint density at radius 1 is 1.19 bits per heavy atom. The number of benzene rings is 1. The van der Waals surface area contributed by atoms with Crippen LogP contribution < -0.4 is 5.32 Å². The van der Waals surface area contributed by atoms with Crippen LogP contribution in [0.3, 0.4) is 0 Å². The van der Waals surface area contributed by atoms with Crippen LogP contribution in [0.5, 0.6) is 0 Å². The Hall–Kier alpha value is -1.35. The van der Waals surface area contributed by atoms with Crippen LogP contribution in [-0.4, -0.2) is 29.9 Å². The molecule has 3 aliphatic rings. The summed E-state index contributed by atoms with van der Waals surface area (Å²) < 4.78 is 0. The third-order valence-corrected chi connectivity index (χ3v) is 7.31. The van der Waals surface area contributed by atoms with Gasteiger partial charge in [-0.15, -0.1) is 0 Å². The van der Waals surface area contributed by atoms with Crippen LogP contribution in [0.1, 0.15) is 83.8 Å². The van der Waals surface area contributed by atoms with Gasteiger partial charge >= 0.3 is 0 Å². The number of hydrogen-bond donors (Lipinski definition) is 1. The molecule has 1 N–H and O–H groups in total. The average Bonchev–Trinajstić information content (AvgIpc) is 2.77. The van der Waals surface area contributed by atoms with Crippen molar-refractivity contribution in [3.05, 3.63) is 35.4 Å². The van der Waals surface area contributed by atoms with Gasteiger partial charge < -0.3 is 10.2 Å². The van der Waals surface area contributed by atoms with Gasteiger partial charge in [-0.05, 0) is 62.2 Å². The van der Waals surface area contributed by atoms with E-state index in [1.54, 1.807) is 6.92 Å². The van der Waals surface area contributed by atoms with Gasteiger partial charge in [0, 0.05) is 19.8 Å². The van der Waals surface area contributed by atoms with E-state index >= 15 is 0 Å². The van der Waals surface area contributed by atoms with Crippen LogP contribution in [0.2, 0.25) is 0 Å². The zero-order valence-electron chi connectivity index (χ0n) is 16.5. The smallest absolute Gasteiger partial charge is 0.217 e. The second-order valence-corrected chi connectivity index (χ2v) is 9.14. The Kier molecular flexibility index (Phi) is 5.09. The quantitative estimate of drug-likeness (QED) is 0.771. The maximum atomic E-state index is 11.7. The predicted octanol–water partition coefficient (Wildman–Crippen LogP) is 4.82. The standard InChI is InChI=1S/C23H34N2O.H2/c1-17-7-3-4-8-19(15-17)25-13-11-23(12-14-25)16-22(24-18(2)26)20-9-5-6-10-21(20)23;/h5-6,9-10,17,19,22H,3-4,7-8,11-16H2,1-2H3,(H,24,26);1H/t17?,19?,22-;/m0./s1. The lowest BCUT2D eigenvalue weighted by Crippen LogP contribution is -2.46. The summed E-state index contributed by atoms with van der Waals surface area (Å²) in [6.45, 7) is 6.52. The summed E-state index contributed by atoms with van der Waals surface area (Å²) >= 11 is 0. The Balaban J connectivity index is 0.00000210. The molecular weight excluding hydrogens is 320 g/mol. The summed E-state index contributed by atoms with van der Waals surface area (Å²) in [5.74, 6) is 0.974. The predicted molar refractivity (Wildman–Crippen MR) is 108 cm³/mol. The van der Waals surface area contributed by atoms with Crippen LogP contribution in [0.4, 0.5) is 0 Å². The zero-order chi connectivity index (χ0) is 18.1. The van der Waals surface area contributed by atoms with E-state index in [0.717, 1.165) is 18.4 Å². The molecule has 0 aromatic heterocycles. The van der Waals surface area contributed by atoms with E-state index in [9.17, 15) is 4.79 Å². The number of carbonyl (C=O) groups excluding carboxylic acids is 1. The number of likely N-dealkylation sites (tertiary alicyclic amines) is 1. The first-order valence-corrected chi connectivity index (χ1v) is 10.7. The van der Waals surface area contributed by atoms with Crippen molar-refractivity contribution in [1.29, 1.82) is 0 Å². The first kappa shape index (κ1) is 18.0. The lowest BCUT2D eigenvalue weighted by molar-refractivity contribution is -0.119. The number of hydrogen-bond acceptors (Lipinski definition) is 2. The molecule has 2 fully saturated rings. The lowest BCUT2D eigenvalue weighted by Gasteiger charge is -2.43. The monoisotopic (exact) mass is 356 g/mol. The SMILES string of the molecule is CC(=O)N[C@H]1CC2(CCN(C3CCCCC(C)C3)CC2)c2ccccc21.[HH]. The van der Waals surface area contributed by atoms with E-state index in [0.29, 0.717) is 0 Å². The Bertz CT molecular complexity index is 654. The molecule has 1 aromatic carbocycles. The highest BCUT2D eigenvalue weighted by atomic mass is 16.1. The summed E-state index contributed by atoms with van der Waals surface area (Å²) in [5, 5.41) is 3.21. The number of rotatable bonds is 2. The molecule has 1 spiro atoms. The van der Waals surface area contributed by atoms with Gasteiger partial charge in [0.1, 0.15) is 0 Å². The molecule has 0 bridgehead atoms. The lowest BCUT2D eigenvalue weighted by atomic mass is 9.73. The second-order valence-electron chi connectivity index (χ2n) is 9.14. The van der Waals surface area contributed by atoms with Crippen LogP contribution in [0, 0.1) is 5.92 Å². The van der Waals surface area contributed by atoms with E-state index in [1.165, 1.54) is 69.2 Å². The van der Waals surface area contributed by atoms with Gasteiger partial charge in [0.15, 0.2) is 0 Å². The van der Waals surface area contributed by atoms with Crippen LogP contribution in [-0.2, 0) is 10.2 Å². The fraction of sp³-hybridized carbons (Fsp3) is 0.696. The minimum absolute atomic E-state index is 0. The van der Waals surface area contributed by atoms with Crippen LogP contribution >= 0.6 is 0 Å². The summed E-state index contributed by atoms with van der Waals surface area (Å²) in [5.41, 5.74) is 3.14. The molecule has 2 unspecified atom stereocenters. The molecule has 26 heavy (non-hydrogen) atoms. The molecule has 3 atom stereocenters. The third kappa shape index (κ3) is 3.43. The number of fused-ring (bicyclic) bond motifs is 2. The molecule has 4 rings (SSSR count). The highest BCUT2D eigenvalue weighted by Crippen LogP contribution is 2.51. The molecule has 1 amide bonds. The van der Waals surface area contributed by atoms with Crippen molar-refractivity contribution in [1.82, 2.24) is 10.2 Å². The molecule has 1 saturated heterocycles. The van der Waals surface area contributed by atoms with Crippen molar-refractivity contribution >= 4 is 5.91 Å². The van der Waals surface area contributed by atoms with Crippen molar-refractivity contribution in [2.24, 2.45) is 5.92 Å². The Morgan fingerprint density at radius 2 is 1.92 bits per heavy atom. The summed E-state index contributed by atoms with van der Waals surface area (Å²) in [6.07, 6.45) is 10.6. The molecule has 1 saturated carbocycles. The van der Waals surface area contributed by atoms with Gasteiger partial charge in [0.25, 0.3) is 0 Å². The van der Waals surface area contributed by atoms with Gasteiger partial charge in [-0.2, -0.15) is 0 Å². The van der Waals surface area contributed by atoms with Gasteiger partial charge in [-0.1, -0.05) is 50.5 Å². The molecule has 2 aliphatic carbocycles. The first-order chi connectivity index (χ1) is 12.6. The van der Waals surface area contributed by atoms with Gasteiger partial charge in [-0.25, -0.2) is 0 Å². The van der Waals surface area contributed by atoms with E-state index in [-0.39, 0.29) is 18.8 Å². The molecule has 1 aliphatic heterocycles. The van der Waals surface area contributed by atoms with E-state index < -0.39 is 0 Å². The number of carbonyl (C=O) groups is 1. The number of piperidine rings is 1. The summed E-state index contributed by atoms with van der Waals surface area (Å²) in [7, 11) is 0. The molecule has 3 heteroatoms. The molecule has 3 nitrogen and oxygen atoms in total. The fourth-order valence-corrected chi connectivity index (χ4v) is 5.96. The summed E-state index contributed by atoms with van der Waals surface area (Å²) in [4.78, 5) is 14.5. The molecule has 1 aromatic rings. The third-order valence-electron chi connectivity index (χ3n) is 7.31. The molecule has 1 heterocycles. The molecule has 0 radical (unpaired) electrons. The van der Waals surface area contributed by atoms with Crippen LogP contribution in [0.25, 0.3) is 0 Å². The highest BCUT2D eigenvalue weighted by Gasteiger charge is 2.46. The Morgan fingerprint density at radius 3 is 2.69 bits per heavy atom. The maximum Gasteiger partial charge on any atom is 0.217 e. The summed E-state index contributed by atoms with van der Waals surface area (Å²) in [6, 6.07) is 9.84. The maximum absolute atomic E-state index is 11.7. The van der Waals surface area contributed by atoms with E-state index in [4.69, 9.17) is 0 Å². The fourth-order valence-electron chi connectivity index (χ4n) is 5.96. The topological polar surface area (TPSA) is 32.3 Å². The van der Waals surface area contributed by atoms with Crippen molar-refractivity contribution in [2.45, 2.75) is 82.7 Å². The molecule has 144 valence electrons. The van der Waals surface area contributed by atoms with Crippen molar-refractivity contribution < 1.29 is 6.22 Å². The van der Waals surface area contributed by atoms with Crippen molar-refractivity contribution in [3.63, 3.8) is 0 Å². The van der Waals surface area contributed by atoms with Crippen molar-refractivity contribution in [3.8, 4) is 0 Å². The normalized spacial score (nSPS) is 31.4. The van der Waals surface area contributed by atoms with E-state index in [2.05, 4.69) is 41.4 Å². The average molecular weight is 357 g/mol. The van der Waals surface area contributed by atoms with Gasteiger partial charge in [0.05, 0.1) is 6.04 Å². The van der Waals surface area contributed by atoms with E-state index in [1.807, 2.05) is 0 Å². The minimum atomic E-state index is 0. The number of nitrogens with zero attached hydrogens (tertiary/aromatic N) is 1. The molecular formula is C23H36N2O. The van der Waals surface area contributed by atoms with Crippen LogP contribution in [0.15, 0.2) is 24.3 Å². The minimum Gasteiger partial charge on any atom is -0.349 e.